The van der Waals surface area contributed by atoms with E-state index in [0.717, 1.165) is 50.1 Å². The van der Waals surface area contributed by atoms with Crippen LogP contribution in [0.4, 0.5) is 0 Å². The lowest BCUT2D eigenvalue weighted by atomic mass is 10.0. The fraction of sp³-hybridized carbons (Fsp3) is 0.600. The number of benzene rings is 1. The minimum absolute atomic E-state index is 0. The van der Waals surface area contributed by atoms with E-state index in [2.05, 4.69) is 10.6 Å². The molecule has 0 bridgehead atoms. The Hall–Kier alpha value is -1.79. The van der Waals surface area contributed by atoms with Gasteiger partial charge in [0.1, 0.15) is 5.75 Å². The van der Waals surface area contributed by atoms with E-state index in [4.69, 9.17) is 4.74 Å². The van der Waals surface area contributed by atoms with Gasteiger partial charge in [0.05, 0.1) is 0 Å². The van der Waals surface area contributed by atoms with Gasteiger partial charge < -0.3 is 20.3 Å². The molecule has 2 saturated heterocycles. The molecule has 1 aromatic rings. The fourth-order valence-electron chi connectivity index (χ4n) is 3.51. The van der Waals surface area contributed by atoms with Gasteiger partial charge in [-0.25, -0.2) is 0 Å². The second-order valence-electron chi connectivity index (χ2n) is 7.40. The predicted molar refractivity (Wildman–Crippen MR) is 108 cm³/mol. The molecule has 0 aromatic heterocycles. The standard InChI is InChI=1S/C20H29N3O3.ClH/c1-14-8-17(20(25)22-12-16-10-21-11-16)9-15(2)19(14)26-13-18(24)23-6-4-3-5-7-23;/h8-9,16,21H,3-7,10-13H2,1-2H3,(H,22,25);1H. The Bertz CT molecular complexity index is 647. The Kier molecular flexibility index (Phi) is 7.92. The number of carbonyl (C=O) groups excluding carboxylic acids is 2. The summed E-state index contributed by atoms with van der Waals surface area (Å²) in [5, 5.41) is 6.19. The lowest BCUT2D eigenvalue weighted by Gasteiger charge is -2.27. The third-order valence-corrected chi connectivity index (χ3v) is 5.19. The molecule has 0 radical (unpaired) electrons. The van der Waals surface area contributed by atoms with Gasteiger partial charge >= 0.3 is 0 Å². The fourth-order valence-corrected chi connectivity index (χ4v) is 3.51. The molecule has 150 valence electrons. The quantitative estimate of drug-likeness (QED) is 0.773. The van der Waals surface area contributed by atoms with Gasteiger partial charge in [-0.3, -0.25) is 9.59 Å². The second kappa shape index (κ2) is 9.95. The number of hydrogen-bond acceptors (Lipinski definition) is 4. The molecule has 2 N–H and O–H groups in total. The molecule has 3 rings (SSSR count). The molecule has 0 saturated carbocycles. The Morgan fingerprint density at radius 3 is 2.33 bits per heavy atom. The molecular formula is C20H30ClN3O3. The Morgan fingerprint density at radius 1 is 1.15 bits per heavy atom. The summed E-state index contributed by atoms with van der Waals surface area (Å²) in [5.74, 6) is 1.22. The van der Waals surface area contributed by atoms with Gasteiger partial charge in [-0.2, -0.15) is 0 Å². The van der Waals surface area contributed by atoms with Gasteiger partial charge in [0, 0.05) is 44.2 Å². The second-order valence-corrected chi connectivity index (χ2v) is 7.40. The first-order chi connectivity index (χ1) is 12.5. The number of carbonyl (C=O) groups is 2. The Labute approximate surface area is 167 Å². The summed E-state index contributed by atoms with van der Waals surface area (Å²) in [6.07, 6.45) is 3.35. The molecular weight excluding hydrogens is 366 g/mol. The van der Waals surface area contributed by atoms with Crippen molar-refractivity contribution in [3.05, 3.63) is 28.8 Å². The maximum Gasteiger partial charge on any atom is 0.260 e. The van der Waals surface area contributed by atoms with E-state index in [1.54, 1.807) is 0 Å². The van der Waals surface area contributed by atoms with Crippen molar-refractivity contribution in [2.75, 3.05) is 39.3 Å². The SMILES string of the molecule is Cc1cc(C(=O)NCC2CNC2)cc(C)c1OCC(=O)N1CCCCC1.Cl. The highest BCUT2D eigenvalue weighted by atomic mass is 35.5. The van der Waals surface area contributed by atoms with Gasteiger partial charge in [-0.1, -0.05) is 0 Å². The maximum atomic E-state index is 12.3. The molecule has 0 atom stereocenters. The van der Waals surface area contributed by atoms with Gasteiger partial charge in [-0.15, -0.1) is 12.4 Å². The van der Waals surface area contributed by atoms with Crippen molar-refractivity contribution < 1.29 is 14.3 Å². The van der Waals surface area contributed by atoms with Crippen molar-refractivity contribution in [2.24, 2.45) is 5.92 Å². The average Bonchev–Trinajstić information content (AvgIpc) is 2.60. The molecule has 2 heterocycles. The first-order valence-electron chi connectivity index (χ1n) is 9.55. The van der Waals surface area contributed by atoms with E-state index in [9.17, 15) is 9.59 Å². The summed E-state index contributed by atoms with van der Waals surface area (Å²) in [4.78, 5) is 26.5. The number of nitrogens with zero attached hydrogens (tertiary/aromatic N) is 1. The van der Waals surface area contributed by atoms with Crippen molar-refractivity contribution in [1.29, 1.82) is 0 Å². The van der Waals surface area contributed by atoms with Crippen LogP contribution >= 0.6 is 12.4 Å². The first-order valence-corrected chi connectivity index (χ1v) is 9.55. The molecule has 27 heavy (non-hydrogen) atoms. The zero-order valence-electron chi connectivity index (χ0n) is 16.2. The molecule has 2 aliphatic rings. The van der Waals surface area contributed by atoms with Crippen LogP contribution in [-0.2, 0) is 4.79 Å². The number of likely N-dealkylation sites (tertiary alicyclic amines) is 1. The zero-order chi connectivity index (χ0) is 18.5. The number of nitrogens with one attached hydrogen (secondary N) is 2. The number of hydrogen-bond donors (Lipinski definition) is 2. The van der Waals surface area contributed by atoms with Crippen LogP contribution in [0, 0.1) is 19.8 Å². The number of halogens is 1. The van der Waals surface area contributed by atoms with E-state index in [1.807, 2.05) is 30.9 Å². The third-order valence-electron chi connectivity index (χ3n) is 5.19. The first kappa shape index (κ1) is 21.5. The van der Waals surface area contributed by atoms with Crippen molar-refractivity contribution in [3.63, 3.8) is 0 Å². The number of aryl methyl sites for hydroxylation is 2. The van der Waals surface area contributed by atoms with E-state index in [-0.39, 0.29) is 30.8 Å². The molecule has 7 heteroatoms. The molecule has 0 aliphatic carbocycles. The summed E-state index contributed by atoms with van der Waals surface area (Å²) in [6, 6.07) is 3.67. The lowest BCUT2D eigenvalue weighted by molar-refractivity contribution is -0.134. The van der Waals surface area contributed by atoms with Crippen LogP contribution in [0.25, 0.3) is 0 Å². The largest absolute Gasteiger partial charge is 0.483 e. The molecule has 2 amide bonds. The van der Waals surface area contributed by atoms with Crippen LogP contribution in [0.5, 0.6) is 5.75 Å². The number of ether oxygens (including phenoxy) is 1. The van der Waals surface area contributed by atoms with Gasteiger partial charge in [0.15, 0.2) is 6.61 Å². The van der Waals surface area contributed by atoms with Crippen LogP contribution in [0.15, 0.2) is 12.1 Å². The molecule has 1 aromatic carbocycles. The highest BCUT2D eigenvalue weighted by Crippen LogP contribution is 2.25. The van der Waals surface area contributed by atoms with E-state index >= 15 is 0 Å². The third kappa shape index (κ3) is 5.59. The minimum Gasteiger partial charge on any atom is -0.483 e. The highest BCUT2D eigenvalue weighted by Gasteiger charge is 2.20. The maximum absolute atomic E-state index is 12.3. The van der Waals surface area contributed by atoms with Crippen molar-refractivity contribution in [1.82, 2.24) is 15.5 Å². The van der Waals surface area contributed by atoms with Crippen LogP contribution < -0.4 is 15.4 Å². The summed E-state index contributed by atoms with van der Waals surface area (Å²) in [7, 11) is 0. The molecule has 2 fully saturated rings. The minimum atomic E-state index is -0.0564. The van der Waals surface area contributed by atoms with Crippen LogP contribution in [0.2, 0.25) is 0 Å². The monoisotopic (exact) mass is 395 g/mol. The summed E-state index contributed by atoms with van der Waals surface area (Å²) in [5.41, 5.74) is 2.40. The molecule has 6 nitrogen and oxygen atoms in total. The Balaban J connectivity index is 0.00000261. The van der Waals surface area contributed by atoms with Crippen molar-refractivity contribution in [3.8, 4) is 5.75 Å². The van der Waals surface area contributed by atoms with Gasteiger partial charge in [0.2, 0.25) is 0 Å². The van der Waals surface area contributed by atoms with Crippen LogP contribution in [0.1, 0.15) is 40.7 Å². The smallest absolute Gasteiger partial charge is 0.260 e. The van der Waals surface area contributed by atoms with Crippen molar-refractivity contribution in [2.45, 2.75) is 33.1 Å². The molecule has 2 aliphatic heterocycles. The molecule has 0 unspecified atom stereocenters. The summed E-state index contributed by atoms with van der Waals surface area (Å²) >= 11 is 0. The van der Waals surface area contributed by atoms with E-state index < -0.39 is 0 Å². The van der Waals surface area contributed by atoms with Crippen molar-refractivity contribution >= 4 is 24.2 Å². The zero-order valence-corrected chi connectivity index (χ0v) is 17.0. The number of amides is 2. The highest BCUT2D eigenvalue weighted by molar-refractivity contribution is 5.95. The normalized spacial score (nSPS) is 16.9. The predicted octanol–water partition coefficient (Wildman–Crippen LogP) is 2.07. The van der Waals surface area contributed by atoms with Gasteiger partial charge in [0.25, 0.3) is 11.8 Å². The number of rotatable bonds is 6. The molecule has 0 spiro atoms. The average molecular weight is 396 g/mol. The van der Waals surface area contributed by atoms with Gasteiger partial charge in [-0.05, 0) is 56.4 Å². The summed E-state index contributed by atoms with van der Waals surface area (Å²) < 4.78 is 5.81. The van der Waals surface area contributed by atoms with Crippen LogP contribution in [-0.4, -0.2) is 56.0 Å². The van der Waals surface area contributed by atoms with E-state index in [1.165, 1.54) is 6.42 Å². The lowest BCUT2D eigenvalue weighted by Crippen LogP contribution is -2.48. The Morgan fingerprint density at radius 2 is 1.78 bits per heavy atom. The topological polar surface area (TPSA) is 70.7 Å². The van der Waals surface area contributed by atoms with Crippen LogP contribution in [0.3, 0.4) is 0 Å². The summed E-state index contributed by atoms with van der Waals surface area (Å²) in [6.45, 7) is 8.19. The van der Waals surface area contributed by atoms with E-state index in [0.29, 0.717) is 23.8 Å². The number of piperidine rings is 1.